The van der Waals surface area contributed by atoms with Gasteiger partial charge in [0.15, 0.2) is 0 Å². The highest BCUT2D eigenvalue weighted by Crippen LogP contribution is 2.27. The van der Waals surface area contributed by atoms with Gasteiger partial charge in [0.05, 0.1) is 5.69 Å². The van der Waals surface area contributed by atoms with Crippen molar-refractivity contribution in [1.29, 1.82) is 0 Å². The Bertz CT molecular complexity index is 618. The molecule has 1 aromatic rings. The van der Waals surface area contributed by atoms with Gasteiger partial charge in [-0.15, -0.1) is 0 Å². The summed E-state index contributed by atoms with van der Waals surface area (Å²) in [6.45, 7) is 12.8. The van der Waals surface area contributed by atoms with Crippen LogP contribution in [0.5, 0.6) is 0 Å². The SMILES string of the molecule is CCC1CNCc2ccc(N3CCN(C(=O)OC(C)(C)C)CC3)nc21. The number of carbonyl (C=O) groups excluding carboxylic acids is 1. The lowest BCUT2D eigenvalue weighted by atomic mass is 9.94. The molecule has 0 radical (unpaired) electrons. The first-order chi connectivity index (χ1) is 11.9. The van der Waals surface area contributed by atoms with Crippen LogP contribution in [0.25, 0.3) is 0 Å². The maximum Gasteiger partial charge on any atom is 0.410 e. The number of amides is 1. The highest BCUT2D eigenvalue weighted by atomic mass is 16.6. The minimum Gasteiger partial charge on any atom is -0.444 e. The van der Waals surface area contributed by atoms with E-state index in [1.54, 1.807) is 4.90 Å². The summed E-state index contributed by atoms with van der Waals surface area (Å²) < 4.78 is 5.47. The fourth-order valence-corrected chi connectivity index (χ4v) is 3.43. The van der Waals surface area contributed by atoms with Gasteiger partial charge in [-0.2, -0.15) is 0 Å². The van der Waals surface area contributed by atoms with Crippen LogP contribution in [0.1, 0.15) is 51.3 Å². The zero-order valence-corrected chi connectivity index (χ0v) is 15.8. The molecule has 1 unspecified atom stereocenters. The van der Waals surface area contributed by atoms with Gasteiger partial charge in [0.2, 0.25) is 0 Å². The number of fused-ring (bicyclic) bond motifs is 1. The Morgan fingerprint density at radius 2 is 2.00 bits per heavy atom. The summed E-state index contributed by atoms with van der Waals surface area (Å²) in [5.74, 6) is 1.52. The zero-order chi connectivity index (χ0) is 18.0. The Labute approximate surface area is 150 Å². The number of rotatable bonds is 2. The van der Waals surface area contributed by atoms with E-state index >= 15 is 0 Å². The van der Waals surface area contributed by atoms with Gasteiger partial charge in [-0.05, 0) is 38.8 Å². The van der Waals surface area contributed by atoms with Crippen molar-refractivity contribution in [2.45, 2.75) is 52.2 Å². The molecule has 2 aliphatic heterocycles. The number of ether oxygens (including phenoxy) is 1. The second-order valence-electron chi connectivity index (χ2n) is 7.90. The standard InChI is InChI=1S/C19H30N4O2/c1-5-14-12-20-13-15-6-7-16(21-17(14)15)22-8-10-23(11-9-22)18(24)25-19(2,3)4/h6-7,14,20H,5,8-13H2,1-4H3. The first kappa shape index (κ1) is 18.0. The summed E-state index contributed by atoms with van der Waals surface area (Å²) in [6.07, 6.45) is 0.880. The van der Waals surface area contributed by atoms with Crippen molar-refractivity contribution in [3.8, 4) is 0 Å². The van der Waals surface area contributed by atoms with Crippen molar-refractivity contribution in [1.82, 2.24) is 15.2 Å². The Kier molecular flexibility index (Phi) is 5.18. The Hall–Kier alpha value is -1.82. The van der Waals surface area contributed by atoms with Gasteiger partial charge in [-0.1, -0.05) is 13.0 Å². The lowest BCUT2D eigenvalue weighted by molar-refractivity contribution is 0.0240. The van der Waals surface area contributed by atoms with Crippen molar-refractivity contribution in [3.63, 3.8) is 0 Å². The monoisotopic (exact) mass is 346 g/mol. The molecule has 3 heterocycles. The highest BCUT2D eigenvalue weighted by Gasteiger charge is 2.27. The number of nitrogens with zero attached hydrogens (tertiary/aromatic N) is 3. The molecule has 1 aromatic heterocycles. The first-order valence-corrected chi connectivity index (χ1v) is 9.31. The zero-order valence-electron chi connectivity index (χ0n) is 15.8. The largest absolute Gasteiger partial charge is 0.444 e. The van der Waals surface area contributed by atoms with E-state index in [2.05, 4.69) is 29.3 Å². The quantitative estimate of drug-likeness (QED) is 0.892. The molecule has 1 atom stereocenters. The fraction of sp³-hybridized carbons (Fsp3) is 0.684. The van der Waals surface area contributed by atoms with E-state index < -0.39 is 5.60 Å². The maximum atomic E-state index is 12.2. The van der Waals surface area contributed by atoms with E-state index in [1.165, 1.54) is 11.3 Å². The molecule has 25 heavy (non-hydrogen) atoms. The molecule has 1 amide bonds. The molecule has 6 heteroatoms. The van der Waals surface area contributed by atoms with Crippen LogP contribution in [0.15, 0.2) is 12.1 Å². The molecule has 2 aliphatic rings. The van der Waals surface area contributed by atoms with Crippen LogP contribution >= 0.6 is 0 Å². The van der Waals surface area contributed by atoms with E-state index in [4.69, 9.17) is 9.72 Å². The number of hydrogen-bond acceptors (Lipinski definition) is 5. The van der Waals surface area contributed by atoms with Gasteiger partial charge in [-0.3, -0.25) is 0 Å². The maximum absolute atomic E-state index is 12.2. The minimum absolute atomic E-state index is 0.220. The number of piperazine rings is 1. The molecular weight excluding hydrogens is 316 g/mol. The van der Waals surface area contributed by atoms with Crippen LogP contribution in [-0.2, 0) is 11.3 Å². The van der Waals surface area contributed by atoms with Crippen LogP contribution in [0.3, 0.4) is 0 Å². The molecule has 0 aliphatic carbocycles. The molecule has 1 saturated heterocycles. The van der Waals surface area contributed by atoms with Gasteiger partial charge < -0.3 is 19.9 Å². The first-order valence-electron chi connectivity index (χ1n) is 9.31. The summed E-state index contributed by atoms with van der Waals surface area (Å²) >= 11 is 0. The molecule has 1 fully saturated rings. The van der Waals surface area contributed by atoms with Crippen LogP contribution in [0.2, 0.25) is 0 Å². The lowest BCUT2D eigenvalue weighted by Crippen LogP contribution is -2.50. The number of nitrogens with one attached hydrogen (secondary N) is 1. The smallest absolute Gasteiger partial charge is 0.410 e. The summed E-state index contributed by atoms with van der Waals surface area (Å²) in [7, 11) is 0. The van der Waals surface area contributed by atoms with Crippen LogP contribution < -0.4 is 10.2 Å². The van der Waals surface area contributed by atoms with E-state index in [1.807, 2.05) is 20.8 Å². The molecular formula is C19H30N4O2. The van der Waals surface area contributed by atoms with Crippen LogP contribution in [0, 0.1) is 0 Å². The topological polar surface area (TPSA) is 57.7 Å². The van der Waals surface area contributed by atoms with Gasteiger partial charge in [0.1, 0.15) is 11.4 Å². The Morgan fingerprint density at radius 3 is 2.64 bits per heavy atom. The predicted octanol–water partition coefficient (Wildman–Crippen LogP) is 2.74. The van der Waals surface area contributed by atoms with Crippen molar-refractivity contribution < 1.29 is 9.53 Å². The third-order valence-corrected chi connectivity index (χ3v) is 4.84. The number of aromatic nitrogens is 1. The summed E-state index contributed by atoms with van der Waals surface area (Å²) in [4.78, 5) is 21.2. The van der Waals surface area contributed by atoms with Crippen molar-refractivity contribution in [2.75, 3.05) is 37.6 Å². The molecule has 0 aromatic carbocycles. The highest BCUT2D eigenvalue weighted by molar-refractivity contribution is 5.68. The number of pyridine rings is 1. The Morgan fingerprint density at radius 1 is 1.28 bits per heavy atom. The fourth-order valence-electron chi connectivity index (χ4n) is 3.43. The van der Waals surface area contributed by atoms with Crippen molar-refractivity contribution in [3.05, 3.63) is 23.4 Å². The minimum atomic E-state index is -0.447. The molecule has 6 nitrogen and oxygen atoms in total. The van der Waals surface area contributed by atoms with Crippen LogP contribution in [-0.4, -0.2) is 54.3 Å². The second-order valence-corrected chi connectivity index (χ2v) is 7.90. The number of carbonyl (C=O) groups is 1. The summed E-state index contributed by atoms with van der Waals surface area (Å²) in [5, 5.41) is 3.47. The Balaban J connectivity index is 1.64. The molecule has 0 saturated carbocycles. The number of anilines is 1. The third kappa shape index (κ3) is 4.24. The second kappa shape index (κ2) is 7.20. The normalized spacial score (nSPS) is 21.0. The van der Waals surface area contributed by atoms with Gasteiger partial charge in [-0.25, -0.2) is 9.78 Å². The van der Waals surface area contributed by atoms with Crippen molar-refractivity contribution in [2.24, 2.45) is 0 Å². The van der Waals surface area contributed by atoms with Crippen molar-refractivity contribution >= 4 is 11.9 Å². The van der Waals surface area contributed by atoms with E-state index in [9.17, 15) is 4.79 Å². The van der Waals surface area contributed by atoms with Gasteiger partial charge in [0, 0.05) is 45.2 Å². The van der Waals surface area contributed by atoms with E-state index in [0.29, 0.717) is 19.0 Å². The molecule has 138 valence electrons. The predicted molar refractivity (Wildman–Crippen MR) is 99.0 cm³/mol. The summed E-state index contributed by atoms with van der Waals surface area (Å²) in [6, 6.07) is 4.31. The molecule has 0 bridgehead atoms. The van der Waals surface area contributed by atoms with E-state index in [-0.39, 0.29) is 6.09 Å². The molecule has 0 spiro atoms. The third-order valence-electron chi connectivity index (χ3n) is 4.84. The van der Waals surface area contributed by atoms with Crippen LogP contribution in [0.4, 0.5) is 10.6 Å². The average Bonchev–Trinajstić information content (AvgIpc) is 2.59. The van der Waals surface area contributed by atoms with Gasteiger partial charge in [0.25, 0.3) is 0 Å². The summed E-state index contributed by atoms with van der Waals surface area (Å²) in [5.41, 5.74) is 2.11. The van der Waals surface area contributed by atoms with E-state index in [0.717, 1.165) is 38.4 Å². The molecule has 1 N–H and O–H groups in total. The number of hydrogen-bond donors (Lipinski definition) is 1. The molecule has 3 rings (SSSR count). The lowest BCUT2D eigenvalue weighted by Gasteiger charge is -2.36. The average molecular weight is 346 g/mol. The van der Waals surface area contributed by atoms with Gasteiger partial charge >= 0.3 is 6.09 Å².